The number of carbonyl (C=O) groups is 2. The molecule has 0 radical (unpaired) electrons. The molecule has 0 bridgehead atoms. The molecule has 0 saturated heterocycles. The van der Waals surface area contributed by atoms with Crippen LogP contribution in [0.1, 0.15) is 20.7 Å². The van der Waals surface area contributed by atoms with E-state index in [2.05, 4.69) is 0 Å². The molecule has 0 atom stereocenters. The molecule has 3 aromatic rings. The first-order valence-electron chi connectivity index (χ1n) is 9.84. The molecule has 0 spiro atoms. The number of Topliss-reactive ketones (excluding diaryl/α,β-unsaturated/α-hetero) is 1. The fourth-order valence-electron chi connectivity index (χ4n) is 3.03. The van der Waals surface area contributed by atoms with Gasteiger partial charge in [0, 0.05) is 12.6 Å². The van der Waals surface area contributed by atoms with Crippen molar-refractivity contribution in [2.24, 2.45) is 0 Å². The van der Waals surface area contributed by atoms with Gasteiger partial charge in [-0.1, -0.05) is 24.3 Å². The molecule has 0 aliphatic heterocycles. The first kappa shape index (κ1) is 23.8. The average Bonchev–Trinajstić information content (AvgIpc) is 2.86. The molecule has 3 aromatic carbocycles. The Morgan fingerprint density at radius 3 is 2.18 bits per heavy atom. The molecule has 0 saturated carbocycles. The van der Waals surface area contributed by atoms with Crippen molar-refractivity contribution in [3.05, 3.63) is 83.9 Å². The van der Waals surface area contributed by atoms with Crippen LogP contribution in [0.15, 0.2) is 77.7 Å². The van der Waals surface area contributed by atoms with E-state index >= 15 is 0 Å². The summed E-state index contributed by atoms with van der Waals surface area (Å²) in [4.78, 5) is 24.9. The predicted octanol–water partition coefficient (Wildman–Crippen LogP) is 3.57. The smallest absolute Gasteiger partial charge is 0.338 e. The standard InChI is InChI=1S/C24H23NO7S/c1-25(19-9-5-4-6-10-19)33(28,29)20-11-7-8-18(14-20)24(27)32-16-21(26)17-12-13-22(30-2)23(15-17)31-3/h4-15H,16H2,1-3H3. The summed E-state index contributed by atoms with van der Waals surface area (Å²) >= 11 is 0. The van der Waals surface area contributed by atoms with Gasteiger partial charge in [-0.2, -0.15) is 0 Å². The number of sulfonamides is 1. The number of nitrogens with zero attached hydrogens (tertiary/aromatic N) is 1. The molecular formula is C24H23NO7S. The third-order valence-electron chi connectivity index (χ3n) is 4.89. The normalized spacial score (nSPS) is 10.9. The van der Waals surface area contributed by atoms with Crippen LogP contribution in [-0.2, 0) is 14.8 Å². The van der Waals surface area contributed by atoms with Crippen molar-refractivity contribution in [1.29, 1.82) is 0 Å². The van der Waals surface area contributed by atoms with E-state index in [9.17, 15) is 18.0 Å². The Balaban J connectivity index is 1.73. The number of benzene rings is 3. The molecule has 0 aromatic heterocycles. The molecule has 172 valence electrons. The van der Waals surface area contributed by atoms with Crippen LogP contribution in [0.2, 0.25) is 0 Å². The van der Waals surface area contributed by atoms with E-state index in [1.807, 2.05) is 0 Å². The molecule has 0 unspecified atom stereocenters. The molecule has 9 heteroatoms. The maximum absolute atomic E-state index is 13.0. The third-order valence-corrected chi connectivity index (χ3v) is 6.67. The number of ether oxygens (including phenoxy) is 3. The van der Waals surface area contributed by atoms with Gasteiger partial charge in [-0.05, 0) is 48.5 Å². The topological polar surface area (TPSA) is 99.2 Å². The van der Waals surface area contributed by atoms with Crippen LogP contribution in [0.4, 0.5) is 5.69 Å². The highest BCUT2D eigenvalue weighted by Crippen LogP contribution is 2.28. The van der Waals surface area contributed by atoms with Crippen LogP contribution in [0.5, 0.6) is 11.5 Å². The van der Waals surface area contributed by atoms with Gasteiger partial charge in [0.05, 0.1) is 30.4 Å². The van der Waals surface area contributed by atoms with Crippen LogP contribution in [0.3, 0.4) is 0 Å². The summed E-state index contributed by atoms with van der Waals surface area (Å²) in [5.41, 5.74) is 0.768. The summed E-state index contributed by atoms with van der Waals surface area (Å²) in [6.07, 6.45) is 0. The number of para-hydroxylation sites is 1. The van der Waals surface area contributed by atoms with Crippen LogP contribution in [-0.4, -0.2) is 48.0 Å². The Hall–Kier alpha value is -3.85. The lowest BCUT2D eigenvalue weighted by molar-refractivity contribution is 0.0474. The van der Waals surface area contributed by atoms with E-state index in [0.717, 1.165) is 4.31 Å². The van der Waals surface area contributed by atoms with Gasteiger partial charge in [0.15, 0.2) is 23.9 Å². The van der Waals surface area contributed by atoms with Crippen molar-refractivity contribution < 1.29 is 32.2 Å². The number of carbonyl (C=O) groups excluding carboxylic acids is 2. The molecule has 0 aliphatic carbocycles. The number of esters is 1. The van der Waals surface area contributed by atoms with Crippen LogP contribution < -0.4 is 13.8 Å². The fraction of sp³-hybridized carbons (Fsp3) is 0.167. The van der Waals surface area contributed by atoms with Gasteiger partial charge >= 0.3 is 5.97 Å². The molecule has 0 N–H and O–H groups in total. The quantitative estimate of drug-likeness (QED) is 0.349. The highest BCUT2D eigenvalue weighted by atomic mass is 32.2. The largest absolute Gasteiger partial charge is 0.493 e. The molecule has 0 heterocycles. The van der Waals surface area contributed by atoms with E-state index in [0.29, 0.717) is 17.2 Å². The zero-order valence-electron chi connectivity index (χ0n) is 18.3. The van der Waals surface area contributed by atoms with E-state index in [1.165, 1.54) is 57.7 Å². The zero-order valence-corrected chi connectivity index (χ0v) is 19.2. The van der Waals surface area contributed by atoms with Crippen molar-refractivity contribution in [1.82, 2.24) is 0 Å². The van der Waals surface area contributed by atoms with Crippen molar-refractivity contribution in [3.8, 4) is 11.5 Å². The van der Waals surface area contributed by atoms with Crippen LogP contribution >= 0.6 is 0 Å². The zero-order chi connectivity index (χ0) is 24.0. The van der Waals surface area contributed by atoms with Gasteiger partial charge in [0.25, 0.3) is 10.0 Å². The lowest BCUT2D eigenvalue weighted by Crippen LogP contribution is -2.26. The van der Waals surface area contributed by atoms with Gasteiger partial charge in [-0.25, -0.2) is 13.2 Å². The van der Waals surface area contributed by atoms with Crippen molar-refractivity contribution in [2.75, 3.05) is 32.2 Å². The van der Waals surface area contributed by atoms with Crippen LogP contribution in [0, 0.1) is 0 Å². The highest BCUT2D eigenvalue weighted by Gasteiger charge is 2.23. The number of ketones is 1. The maximum Gasteiger partial charge on any atom is 0.338 e. The van der Waals surface area contributed by atoms with Gasteiger partial charge < -0.3 is 14.2 Å². The lowest BCUT2D eigenvalue weighted by Gasteiger charge is -2.19. The summed E-state index contributed by atoms with van der Waals surface area (Å²) < 4.78 is 42.5. The Morgan fingerprint density at radius 2 is 1.52 bits per heavy atom. The van der Waals surface area contributed by atoms with Crippen molar-refractivity contribution in [3.63, 3.8) is 0 Å². The highest BCUT2D eigenvalue weighted by molar-refractivity contribution is 7.92. The average molecular weight is 470 g/mol. The van der Waals surface area contributed by atoms with E-state index < -0.39 is 28.4 Å². The van der Waals surface area contributed by atoms with Gasteiger partial charge in [0.1, 0.15) is 0 Å². The minimum Gasteiger partial charge on any atom is -0.493 e. The maximum atomic E-state index is 13.0. The van der Waals surface area contributed by atoms with Gasteiger partial charge in [0.2, 0.25) is 0 Å². The number of methoxy groups -OCH3 is 2. The number of anilines is 1. The monoisotopic (exact) mass is 469 g/mol. The minimum atomic E-state index is -3.90. The Bertz CT molecular complexity index is 1260. The van der Waals surface area contributed by atoms with E-state index in [4.69, 9.17) is 14.2 Å². The molecule has 3 rings (SSSR count). The van der Waals surface area contributed by atoms with Gasteiger partial charge in [-0.3, -0.25) is 9.10 Å². The Labute approximate surface area is 192 Å². The molecule has 0 aliphatic rings. The molecular weight excluding hydrogens is 446 g/mol. The summed E-state index contributed by atoms with van der Waals surface area (Å²) in [6, 6.07) is 18.6. The predicted molar refractivity (Wildman–Crippen MR) is 123 cm³/mol. The summed E-state index contributed by atoms with van der Waals surface area (Å²) in [5, 5.41) is 0. The fourth-order valence-corrected chi connectivity index (χ4v) is 4.27. The first-order chi connectivity index (χ1) is 15.8. The SMILES string of the molecule is COc1ccc(C(=O)COC(=O)c2cccc(S(=O)(=O)N(C)c3ccccc3)c2)cc1OC. The number of hydrogen-bond donors (Lipinski definition) is 0. The second-order valence-corrected chi connectivity index (χ2v) is 8.87. The minimum absolute atomic E-state index is 0.0117. The number of rotatable bonds is 9. The third kappa shape index (κ3) is 5.32. The molecule has 0 amide bonds. The molecule has 33 heavy (non-hydrogen) atoms. The Kier molecular flexibility index (Phi) is 7.34. The first-order valence-corrected chi connectivity index (χ1v) is 11.3. The second kappa shape index (κ2) is 10.2. The summed E-state index contributed by atoms with van der Waals surface area (Å²) in [6.45, 7) is -0.519. The van der Waals surface area contributed by atoms with E-state index in [1.54, 1.807) is 36.4 Å². The lowest BCUT2D eigenvalue weighted by atomic mass is 10.1. The van der Waals surface area contributed by atoms with E-state index in [-0.39, 0.29) is 16.0 Å². The Morgan fingerprint density at radius 1 is 0.818 bits per heavy atom. The van der Waals surface area contributed by atoms with Crippen LogP contribution in [0.25, 0.3) is 0 Å². The number of hydrogen-bond acceptors (Lipinski definition) is 7. The summed E-state index contributed by atoms with van der Waals surface area (Å²) in [7, 11) is 0.450. The summed E-state index contributed by atoms with van der Waals surface area (Å²) in [5.74, 6) is -0.431. The van der Waals surface area contributed by atoms with Gasteiger partial charge in [-0.15, -0.1) is 0 Å². The molecule has 0 fully saturated rings. The van der Waals surface area contributed by atoms with Crippen molar-refractivity contribution >= 4 is 27.5 Å². The second-order valence-electron chi connectivity index (χ2n) is 6.90. The molecule has 8 nitrogen and oxygen atoms in total. The van der Waals surface area contributed by atoms with Crippen molar-refractivity contribution in [2.45, 2.75) is 4.90 Å².